The van der Waals surface area contributed by atoms with Crippen molar-refractivity contribution in [1.29, 1.82) is 0 Å². The zero-order valence-corrected chi connectivity index (χ0v) is 15.3. The zero-order valence-electron chi connectivity index (χ0n) is 13.7. The van der Waals surface area contributed by atoms with Gasteiger partial charge in [-0.3, -0.25) is 0 Å². The van der Waals surface area contributed by atoms with Crippen LogP contribution in [0.15, 0.2) is 23.8 Å². The molecule has 0 aromatic carbocycles. The third-order valence-electron chi connectivity index (χ3n) is 4.55. The summed E-state index contributed by atoms with van der Waals surface area (Å²) in [5.74, 6) is 0.708. The fraction of sp³-hybridized carbons (Fsp3) is 0.562. The number of likely N-dealkylation sites (N-methyl/N-ethyl adjacent to an activating group) is 1. The number of nitrogens with one attached hydrogen (secondary N) is 1. The SMILES string of the molecule is CN(C)C1(CNCc2csc(-c3ncccn3)n2)CCCC1.Cl. The second-order valence-corrected chi connectivity index (χ2v) is 7.00. The normalized spacial score (nSPS) is 16.5. The molecule has 0 atom stereocenters. The van der Waals surface area contributed by atoms with E-state index >= 15 is 0 Å². The predicted molar refractivity (Wildman–Crippen MR) is 97.0 cm³/mol. The molecule has 1 fully saturated rings. The first-order chi connectivity index (χ1) is 10.7. The lowest BCUT2D eigenvalue weighted by Crippen LogP contribution is -2.49. The molecule has 5 nitrogen and oxygen atoms in total. The minimum atomic E-state index is 0. The van der Waals surface area contributed by atoms with Crippen LogP contribution in [0.3, 0.4) is 0 Å². The van der Waals surface area contributed by atoms with Crippen LogP contribution in [0.5, 0.6) is 0 Å². The number of thiazole rings is 1. The number of aromatic nitrogens is 3. The molecule has 126 valence electrons. The fourth-order valence-corrected chi connectivity index (χ4v) is 3.90. The maximum atomic E-state index is 4.63. The third kappa shape index (κ3) is 4.26. The number of hydrogen-bond donors (Lipinski definition) is 1. The van der Waals surface area contributed by atoms with E-state index in [1.165, 1.54) is 25.7 Å². The van der Waals surface area contributed by atoms with Crippen molar-refractivity contribution >= 4 is 23.7 Å². The van der Waals surface area contributed by atoms with Gasteiger partial charge in [0, 0.05) is 36.4 Å². The van der Waals surface area contributed by atoms with Crippen LogP contribution in [0.2, 0.25) is 0 Å². The summed E-state index contributed by atoms with van der Waals surface area (Å²) in [6.45, 7) is 1.83. The highest BCUT2D eigenvalue weighted by Crippen LogP contribution is 2.33. The van der Waals surface area contributed by atoms with Gasteiger partial charge in [-0.1, -0.05) is 12.8 Å². The first-order valence-corrected chi connectivity index (χ1v) is 8.68. The molecule has 2 aromatic rings. The fourth-order valence-electron chi connectivity index (χ4n) is 3.14. The van der Waals surface area contributed by atoms with Crippen LogP contribution in [-0.2, 0) is 6.54 Å². The number of nitrogens with zero attached hydrogens (tertiary/aromatic N) is 4. The quantitative estimate of drug-likeness (QED) is 0.865. The smallest absolute Gasteiger partial charge is 0.188 e. The van der Waals surface area contributed by atoms with Crippen LogP contribution in [0, 0.1) is 0 Å². The van der Waals surface area contributed by atoms with Crippen LogP contribution < -0.4 is 5.32 Å². The highest BCUT2D eigenvalue weighted by Gasteiger charge is 2.35. The first kappa shape index (κ1) is 18.3. The minimum absolute atomic E-state index is 0. The molecule has 0 saturated heterocycles. The van der Waals surface area contributed by atoms with E-state index in [2.05, 4.69) is 44.6 Å². The topological polar surface area (TPSA) is 53.9 Å². The second kappa shape index (κ2) is 8.15. The highest BCUT2D eigenvalue weighted by molar-refractivity contribution is 7.13. The summed E-state index contributed by atoms with van der Waals surface area (Å²) in [4.78, 5) is 15.5. The minimum Gasteiger partial charge on any atom is -0.309 e. The van der Waals surface area contributed by atoms with Gasteiger partial charge in [-0.15, -0.1) is 23.7 Å². The van der Waals surface area contributed by atoms with Gasteiger partial charge in [0.15, 0.2) is 10.8 Å². The molecule has 7 heteroatoms. The van der Waals surface area contributed by atoms with Crippen LogP contribution in [-0.4, -0.2) is 46.0 Å². The van der Waals surface area contributed by atoms with Crippen LogP contribution in [0.4, 0.5) is 0 Å². The van der Waals surface area contributed by atoms with E-state index in [4.69, 9.17) is 0 Å². The van der Waals surface area contributed by atoms with Gasteiger partial charge in [0.25, 0.3) is 0 Å². The van der Waals surface area contributed by atoms with E-state index < -0.39 is 0 Å². The Morgan fingerprint density at radius 3 is 2.57 bits per heavy atom. The Balaban J connectivity index is 0.00000192. The maximum absolute atomic E-state index is 4.63. The average molecular weight is 354 g/mol. The standard InChI is InChI=1S/C16H23N5S.ClH/c1-21(2)16(6-3-4-7-16)12-17-10-13-11-22-15(20-13)14-18-8-5-9-19-14;/h5,8-9,11,17H,3-4,6-7,10,12H2,1-2H3;1H. The summed E-state index contributed by atoms with van der Waals surface area (Å²) in [5.41, 5.74) is 1.39. The molecule has 0 unspecified atom stereocenters. The Hall–Kier alpha value is -1.08. The second-order valence-electron chi connectivity index (χ2n) is 6.15. The van der Waals surface area contributed by atoms with Crippen molar-refractivity contribution in [3.63, 3.8) is 0 Å². The van der Waals surface area contributed by atoms with Gasteiger partial charge < -0.3 is 10.2 Å². The van der Waals surface area contributed by atoms with Gasteiger partial charge in [0.1, 0.15) is 0 Å². The lowest BCUT2D eigenvalue weighted by molar-refractivity contribution is 0.153. The monoisotopic (exact) mass is 353 g/mol. The van der Waals surface area contributed by atoms with Gasteiger partial charge in [-0.2, -0.15) is 0 Å². The zero-order chi connectivity index (χ0) is 15.4. The molecule has 0 amide bonds. The lowest BCUT2D eigenvalue weighted by atomic mass is 9.96. The molecule has 1 aliphatic carbocycles. The lowest BCUT2D eigenvalue weighted by Gasteiger charge is -2.36. The van der Waals surface area contributed by atoms with Gasteiger partial charge in [0.2, 0.25) is 0 Å². The van der Waals surface area contributed by atoms with Gasteiger partial charge >= 0.3 is 0 Å². The molecule has 0 radical (unpaired) electrons. The summed E-state index contributed by atoms with van der Waals surface area (Å²) in [5, 5.41) is 6.57. The average Bonchev–Trinajstić information content (AvgIpc) is 3.18. The number of halogens is 1. The van der Waals surface area contributed by atoms with Gasteiger partial charge in [-0.25, -0.2) is 15.0 Å². The molecule has 1 aliphatic rings. The third-order valence-corrected chi connectivity index (χ3v) is 5.44. The van der Waals surface area contributed by atoms with Crippen LogP contribution >= 0.6 is 23.7 Å². The van der Waals surface area contributed by atoms with Gasteiger partial charge in [0.05, 0.1) is 5.69 Å². The predicted octanol–water partition coefficient (Wildman–Crippen LogP) is 2.99. The molecular formula is C16H24ClN5S. The van der Waals surface area contributed by atoms with Crippen LogP contribution in [0.1, 0.15) is 31.4 Å². The van der Waals surface area contributed by atoms with E-state index in [9.17, 15) is 0 Å². The van der Waals surface area contributed by atoms with E-state index in [0.717, 1.165) is 23.8 Å². The van der Waals surface area contributed by atoms with Crippen molar-refractivity contribution < 1.29 is 0 Å². The Labute approximate surface area is 148 Å². The Kier molecular flexibility index (Phi) is 6.47. The van der Waals surface area contributed by atoms with E-state index in [0.29, 0.717) is 11.4 Å². The van der Waals surface area contributed by atoms with Crippen molar-refractivity contribution in [3.8, 4) is 10.8 Å². The molecular weight excluding hydrogens is 330 g/mol. The largest absolute Gasteiger partial charge is 0.309 e. The number of hydrogen-bond acceptors (Lipinski definition) is 6. The summed E-state index contributed by atoms with van der Waals surface area (Å²) in [6.07, 6.45) is 8.75. The molecule has 0 aliphatic heterocycles. The molecule has 23 heavy (non-hydrogen) atoms. The molecule has 3 rings (SSSR count). The Bertz CT molecular complexity index is 596. The number of rotatable bonds is 6. The van der Waals surface area contributed by atoms with Crippen molar-refractivity contribution in [2.45, 2.75) is 37.8 Å². The molecule has 1 saturated carbocycles. The molecule has 0 bridgehead atoms. The molecule has 2 heterocycles. The molecule has 2 aromatic heterocycles. The van der Waals surface area contributed by atoms with E-state index in [-0.39, 0.29) is 12.4 Å². The molecule has 1 N–H and O–H groups in total. The highest BCUT2D eigenvalue weighted by atomic mass is 35.5. The Morgan fingerprint density at radius 2 is 1.91 bits per heavy atom. The van der Waals surface area contributed by atoms with Crippen molar-refractivity contribution in [3.05, 3.63) is 29.5 Å². The van der Waals surface area contributed by atoms with Gasteiger partial charge in [-0.05, 0) is 33.0 Å². The first-order valence-electron chi connectivity index (χ1n) is 7.80. The summed E-state index contributed by atoms with van der Waals surface area (Å²) < 4.78 is 0. The van der Waals surface area contributed by atoms with E-state index in [1.807, 2.05) is 6.07 Å². The summed E-state index contributed by atoms with van der Waals surface area (Å²) >= 11 is 1.60. The maximum Gasteiger partial charge on any atom is 0.188 e. The van der Waals surface area contributed by atoms with Crippen LogP contribution in [0.25, 0.3) is 10.8 Å². The Morgan fingerprint density at radius 1 is 1.22 bits per heavy atom. The summed E-state index contributed by atoms with van der Waals surface area (Å²) in [6, 6.07) is 1.82. The van der Waals surface area contributed by atoms with E-state index in [1.54, 1.807) is 23.7 Å². The summed E-state index contributed by atoms with van der Waals surface area (Å²) in [7, 11) is 4.39. The molecule has 0 spiro atoms. The van der Waals surface area contributed by atoms with Crippen molar-refractivity contribution in [1.82, 2.24) is 25.2 Å². The van der Waals surface area contributed by atoms with Crippen molar-refractivity contribution in [2.75, 3.05) is 20.6 Å². The van der Waals surface area contributed by atoms with Crippen molar-refractivity contribution in [2.24, 2.45) is 0 Å².